The molecule has 0 spiro atoms. The number of nitrogens with one attached hydrogen (secondary N) is 1. The van der Waals surface area contributed by atoms with Gasteiger partial charge in [0.25, 0.3) is 5.69 Å². The summed E-state index contributed by atoms with van der Waals surface area (Å²) in [6.07, 6.45) is -0.116. The standard InChI is InChI=1S/C15H10N4O5/c20-15(21)18-13-7-14(17-8-16-13)24-12-6-5-11(19(22)23)9-3-1-2-4-10(9)12/h1-8H,(H,20,21)(H,16,17,18). The molecule has 0 radical (unpaired) electrons. The van der Waals surface area contributed by atoms with Gasteiger partial charge in [-0.3, -0.25) is 15.4 Å². The Morgan fingerprint density at radius 2 is 1.92 bits per heavy atom. The molecule has 3 rings (SSSR count). The molecule has 9 nitrogen and oxygen atoms in total. The predicted octanol–water partition coefficient (Wildman–Crippen LogP) is 3.42. The van der Waals surface area contributed by atoms with Crippen LogP contribution in [0.5, 0.6) is 11.6 Å². The molecule has 1 heterocycles. The Balaban J connectivity index is 2.01. The predicted molar refractivity (Wildman–Crippen MR) is 84.4 cm³/mol. The number of nitro groups is 1. The quantitative estimate of drug-likeness (QED) is 0.555. The first-order valence-corrected chi connectivity index (χ1v) is 6.70. The number of fused-ring (bicyclic) bond motifs is 1. The molecule has 120 valence electrons. The number of amides is 1. The van der Waals surface area contributed by atoms with Crippen molar-refractivity contribution in [3.63, 3.8) is 0 Å². The van der Waals surface area contributed by atoms with Gasteiger partial charge in [-0.25, -0.2) is 14.8 Å². The maximum Gasteiger partial charge on any atom is 0.410 e. The third-order valence-corrected chi connectivity index (χ3v) is 3.15. The molecule has 0 unspecified atom stereocenters. The zero-order chi connectivity index (χ0) is 17.1. The van der Waals surface area contributed by atoms with Crippen molar-refractivity contribution >= 4 is 28.4 Å². The number of rotatable bonds is 4. The molecule has 24 heavy (non-hydrogen) atoms. The molecule has 0 bridgehead atoms. The van der Waals surface area contributed by atoms with Crippen LogP contribution in [-0.2, 0) is 0 Å². The van der Waals surface area contributed by atoms with E-state index >= 15 is 0 Å². The van der Waals surface area contributed by atoms with E-state index in [0.29, 0.717) is 16.5 Å². The molecule has 2 N–H and O–H groups in total. The van der Waals surface area contributed by atoms with Crippen LogP contribution in [0.4, 0.5) is 16.3 Å². The molecule has 0 aliphatic rings. The number of carboxylic acid groups (broad SMARTS) is 1. The second-order valence-corrected chi connectivity index (χ2v) is 4.66. The van der Waals surface area contributed by atoms with Crippen LogP contribution in [0.15, 0.2) is 48.8 Å². The minimum Gasteiger partial charge on any atom is -0.465 e. The molecule has 0 atom stereocenters. The van der Waals surface area contributed by atoms with Crippen molar-refractivity contribution in [2.24, 2.45) is 0 Å². The van der Waals surface area contributed by atoms with Crippen LogP contribution in [-0.4, -0.2) is 26.1 Å². The van der Waals surface area contributed by atoms with Gasteiger partial charge in [-0.05, 0) is 12.1 Å². The van der Waals surface area contributed by atoms with Crippen LogP contribution in [0.25, 0.3) is 10.8 Å². The first-order chi connectivity index (χ1) is 11.5. The van der Waals surface area contributed by atoms with Crippen LogP contribution in [0, 0.1) is 10.1 Å². The lowest BCUT2D eigenvalue weighted by Gasteiger charge is -2.09. The second-order valence-electron chi connectivity index (χ2n) is 4.66. The highest BCUT2D eigenvalue weighted by Gasteiger charge is 2.15. The van der Waals surface area contributed by atoms with E-state index in [1.54, 1.807) is 24.3 Å². The minimum atomic E-state index is -1.26. The van der Waals surface area contributed by atoms with Crippen LogP contribution in [0.2, 0.25) is 0 Å². The van der Waals surface area contributed by atoms with Crippen molar-refractivity contribution in [2.45, 2.75) is 0 Å². The SMILES string of the molecule is O=C(O)Nc1cc(Oc2ccc([N+](=O)[O-])c3ccccc23)ncn1. The number of hydrogen-bond donors (Lipinski definition) is 2. The molecule has 1 amide bonds. The second kappa shape index (κ2) is 6.16. The summed E-state index contributed by atoms with van der Waals surface area (Å²) in [5, 5.41) is 22.9. The van der Waals surface area contributed by atoms with Gasteiger partial charge in [-0.1, -0.05) is 18.2 Å². The highest BCUT2D eigenvalue weighted by molar-refractivity contribution is 5.95. The summed E-state index contributed by atoms with van der Waals surface area (Å²) < 4.78 is 5.64. The molecule has 0 aliphatic heterocycles. The fourth-order valence-electron chi connectivity index (χ4n) is 2.19. The van der Waals surface area contributed by atoms with Gasteiger partial charge in [0.2, 0.25) is 5.88 Å². The van der Waals surface area contributed by atoms with Gasteiger partial charge < -0.3 is 9.84 Å². The Kier molecular flexibility index (Phi) is 3.89. The number of non-ortho nitro benzene ring substituents is 1. The smallest absolute Gasteiger partial charge is 0.410 e. The Labute approximate surface area is 134 Å². The van der Waals surface area contributed by atoms with Crippen LogP contribution in [0.3, 0.4) is 0 Å². The van der Waals surface area contributed by atoms with E-state index in [0.717, 1.165) is 6.33 Å². The molecule has 1 aromatic heterocycles. The van der Waals surface area contributed by atoms with Crippen molar-refractivity contribution in [3.05, 3.63) is 58.9 Å². The van der Waals surface area contributed by atoms with Crippen molar-refractivity contribution < 1.29 is 19.6 Å². The number of benzene rings is 2. The maximum atomic E-state index is 11.1. The molecule has 0 aliphatic carbocycles. The van der Waals surface area contributed by atoms with Gasteiger partial charge in [-0.2, -0.15) is 0 Å². The van der Waals surface area contributed by atoms with Gasteiger partial charge in [0.1, 0.15) is 17.9 Å². The monoisotopic (exact) mass is 326 g/mol. The van der Waals surface area contributed by atoms with Gasteiger partial charge in [0.15, 0.2) is 0 Å². The van der Waals surface area contributed by atoms with Crippen molar-refractivity contribution in [2.75, 3.05) is 5.32 Å². The zero-order valence-electron chi connectivity index (χ0n) is 12.0. The zero-order valence-corrected chi connectivity index (χ0v) is 12.0. The lowest BCUT2D eigenvalue weighted by atomic mass is 10.1. The summed E-state index contributed by atoms with van der Waals surface area (Å²) >= 11 is 0. The molecule has 2 aromatic carbocycles. The lowest BCUT2D eigenvalue weighted by molar-refractivity contribution is -0.383. The molecule has 3 aromatic rings. The Bertz CT molecular complexity index is 944. The van der Waals surface area contributed by atoms with E-state index in [1.165, 1.54) is 18.2 Å². The number of nitro benzene ring substituents is 1. The highest BCUT2D eigenvalue weighted by Crippen LogP contribution is 2.34. The summed E-state index contributed by atoms with van der Waals surface area (Å²) in [5.74, 6) is 0.516. The summed E-state index contributed by atoms with van der Waals surface area (Å²) in [5.41, 5.74) is -0.0335. The van der Waals surface area contributed by atoms with Gasteiger partial charge in [0, 0.05) is 17.5 Å². The van der Waals surface area contributed by atoms with E-state index in [4.69, 9.17) is 9.84 Å². The Morgan fingerprint density at radius 3 is 2.62 bits per heavy atom. The molecule has 0 fully saturated rings. The fourth-order valence-corrected chi connectivity index (χ4v) is 2.19. The van der Waals surface area contributed by atoms with Gasteiger partial charge in [-0.15, -0.1) is 0 Å². The first kappa shape index (κ1) is 15.2. The lowest BCUT2D eigenvalue weighted by Crippen LogP contribution is -2.08. The van der Waals surface area contributed by atoms with Crippen molar-refractivity contribution in [1.82, 2.24) is 9.97 Å². The van der Waals surface area contributed by atoms with E-state index in [-0.39, 0.29) is 17.4 Å². The number of anilines is 1. The number of hydrogen-bond acceptors (Lipinski definition) is 6. The van der Waals surface area contributed by atoms with Gasteiger partial charge in [0.05, 0.1) is 10.3 Å². The summed E-state index contributed by atoms with van der Waals surface area (Å²) in [7, 11) is 0. The van der Waals surface area contributed by atoms with Crippen LogP contribution in [0.1, 0.15) is 0 Å². The summed E-state index contributed by atoms with van der Waals surface area (Å²) in [6, 6.07) is 10.9. The molecule has 0 saturated carbocycles. The van der Waals surface area contributed by atoms with Crippen molar-refractivity contribution in [3.8, 4) is 11.6 Å². The van der Waals surface area contributed by atoms with Gasteiger partial charge >= 0.3 is 6.09 Å². The first-order valence-electron chi connectivity index (χ1n) is 6.70. The largest absolute Gasteiger partial charge is 0.465 e. The number of carbonyl (C=O) groups is 1. The summed E-state index contributed by atoms with van der Waals surface area (Å²) in [4.78, 5) is 28.9. The average molecular weight is 326 g/mol. The van der Waals surface area contributed by atoms with E-state index in [9.17, 15) is 14.9 Å². The molecule has 9 heteroatoms. The highest BCUT2D eigenvalue weighted by atomic mass is 16.6. The molecule has 0 saturated heterocycles. The molecular formula is C15H10N4O5. The van der Waals surface area contributed by atoms with Crippen LogP contribution < -0.4 is 10.1 Å². The summed E-state index contributed by atoms with van der Waals surface area (Å²) in [6.45, 7) is 0. The van der Waals surface area contributed by atoms with E-state index in [2.05, 4.69) is 15.3 Å². The minimum absolute atomic E-state index is 0.0335. The van der Waals surface area contributed by atoms with E-state index < -0.39 is 11.0 Å². The third kappa shape index (κ3) is 3.04. The molecular weight excluding hydrogens is 316 g/mol. The third-order valence-electron chi connectivity index (χ3n) is 3.15. The normalized spacial score (nSPS) is 10.3. The average Bonchev–Trinajstić information content (AvgIpc) is 2.54. The van der Waals surface area contributed by atoms with Crippen LogP contribution >= 0.6 is 0 Å². The fraction of sp³-hybridized carbons (Fsp3) is 0. The number of aromatic nitrogens is 2. The van der Waals surface area contributed by atoms with E-state index in [1.807, 2.05) is 0 Å². The maximum absolute atomic E-state index is 11.1. The number of ether oxygens (including phenoxy) is 1. The Morgan fingerprint density at radius 1 is 1.17 bits per heavy atom. The van der Waals surface area contributed by atoms with Crippen molar-refractivity contribution in [1.29, 1.82) is 0 Å². The Hall–Kier alpha value is -3.75. The topological polar surface area (TPSA) is 127 Å². The number of nitrogens with zero attached hydrogens (tertiary/aromatic N) is 3.